The largest absolute Gasteiger partial charge is 0.484 e. The van der Waals surface area contributed by atoms with Gasteiger partial charge >= 0.3 is 0 Å². The standard InChI is InChI=1S/C21H18ClNO2S3/c1-12-4-9-16-15(10-12)18-19(27-28-20(18)26)21(2,3)23(16)17(24)11-25-14-7-5-13(22)6-8-14/h4-10H,11H2,1-3H3. The average Bonchev–Trinajstić information content (AvgIpc) is 3.05. The molecule has 0 N–H and O–H groups in total. The first-order valence-corrected chi connectivity index (χ1v) is 11.7. The molecular weight excluding hydrogens is 430 g/mol. The van der Waals surface area contributed by atoms with Crippen molar-refractivity contribution in [3.8, 4) is 16.9 Å². The molecule has 0 atom stereocenters. The van der Waals surface area contributed by atoms with E-state index >= 15 is 0 Å². The Morgan fingerprint density at radius 1 is 1.18 bits per heavy atom. The second-order valence-electron chi connectivity index (χ2n) is 7.21. The number of anilines is 1. The van der Waals surface area contributed by atoms with Crippen LogP contribution in [0.1, 0.15) is 24.3 Å². The van der Waals surface area contributed by atoms with Gasteiger partial charge in [0.15, 0.2) is 6.61 Å². The molecule has 1 aliphatic heterocycles. The van der Waals surface area contributed by atoms with Crippen molar-refractivity contribution in [2.75, 3.05) is 11.5 Å². The zero-order valence-corrected chi connectivity index (χ0v) is 18.8. The van der Waals surface area contributed by atoms with Gasteiger partial charge in [-0.1, -0.05) is 56.1 Å². The first kappa shape index (κ1) is 19.6. The molecule has 1 aromatic heterocycles. The number of hydrogen-bond acceptors (Lipinski definition) is 5. The monoisotopic (exact) mass is 447 g/mol. The van der Waals surface area contributed by atoms with Crippen LogP contribution in [0.3, 0.4) is 0 Å². The van der Waals surface area contributed by atoms with Crippen LogP contribution in [-0.4, -0.2) is 12.5 Å². The third-order valence-corrected chi connectivity index (χ3v) is 8.42. The molecule has 3 aromatic rings. The van der Waals surface area contributed by atoms with Crippen molar-refractivity contribution in [3.63, 3.8) is 0 Å². The number of nitrogens with zero attached hydrogens (tertiary/aromatic N) is 1. The summed E-state index contributed by atoms with van der Waals surface area (Å²) < 4.78 is 6.62. The van der Waals surface area contributed by atoms with Gasteiger partial charge in [0.1, 0.15) is 9.57 Å². The van der Waals surface area contributed by atoms with Crippen LogP contribution in [0, 0.1) is 10.7 Å². The summed E-state index contributed by atoms with van der Waals surface area (Å²) >= 11 is 11.5. The van der Waals surface area contributed by atoms with Crippen LogP contribution in [0.2, 0.25) is 5.02 Å². The first-order valence-electron chi connectivity index (χ1n) is 8.75. The number of benzene rings is 2. The van der Waals surface area contributed by atoms with E-state index in [-0.39, 0.29) is 12.5 Å². The highest BCUT2D eigenvalue weighted by Crippen LogP contribution is 2.52. The zero-order valence-electron chi connectivity index (χ0n) is 15.6. The second-order valence-corrected chi connectivity index (χ2v) is 10.5. The SMILES string of the molecule is Cc1ccc2c(c1)-c1c(ssc1=S)C(C)(C)N2C(=O)COc1ccc(Cl)cc1. The fourth-order valence-electron chi connectivity index (χ4n) is 3.53. The average molecular weight is 448 g/mol. The lowest BCUT2D eigenvalue weighted by molar-refractivity contribution is -0.121. The number of carbonyl (C=O) groups is 1. The predicted octanol–water partition coefficient (Wildman–Crippen LogP) is 6.83. The Balaban J connectivity index is 1.73. The van der Waals surface area contributed by atoms with E-state index in [1.165, 1.54) is 0 Å². The summed E-state index contributed by atoms with van der Waals surface area (Å²) in [5.74, 6) is 0.517. The Labute approximate surface area is 181 Å². The minimum Gasteiger partial charge on any atom is -0.484 e. The van der Waals surface area contributed by atoms with E-state index in [9.17, 15) is 4.79 Å². The van der Waals surface area contributed by atoms with Gasteiger partial charge in [0, 0.05) is 16.1 Å². The predicted molar refractivity (Wildman–Crippen MR) is 121 cm³/mol. The molecule has 2 aromatic carbocycles. The van der Waals surface area contributed by atoms with Crippen LogP contribution in [0.4, 0.5) is 5.69 Å². The highest BCUT2D eigenvalue weighted by atomic mass is 35.5. The molecule has 144 valence electrons. The van der Waals surface area contributed by atoms with Crippen molar-refractivity contribution in [2.45, 2.75) is 26.3 Å². The topological polar surface area (TPSA) is 29.5 Å². The van der Waals surface area contributed by atoms with Gasteiger partial charge in [0.05, 0.1) is 16.1 Å². The Bertz CT molecular complexity index is 1120. The molecule has 1 aliphatic rings. The van der Waals surface area contributed by atoms with Gasteiger partial charge in [-0.05, 0) is 57.2 Å². The van der Waals surface area contributed by atoms with Gasteiger partial charge in [-0.15, -0.1) is 0 Å². The number of carbonyl (C=O) groups excluding carboxylic acids is 1. The van der Waals surface area contributed by atoms with Gasteiger partial charge in [-0.25, -0.2) is 0 Å². The van der Waals surface area contributed by atoms with Crippen molar-refractivity contribution in [3.05, 3.63) is 61.8 Å². The number of ether oxygens (including phenoxy) is 1. The number of hydrogen-bond donors (Lipinski definition) is 0. The van der Waals surface area contributed by atoms with Gasteiger partial charge in [0.2, 0.25) is 0 Å². The van der Waals surface area contributed by atoms with Crippen LogP contribution in [0.15, 0.2) is 42.5 Å². The van der Waals surface area contributed by atoms with E-state index < -0.39 is 5.54 Å². The highest BCUT2D eigenvalue weighted by molar-refractivity contribution is 7.80. The molecule has 0 fully saturated rings. The summed E-state index contributed by atoms with van der Waals surface area (Å²) in [6, 6.07) is 13.2. The molecule has 4 rings (SSSR count). The van der Waals surface area contributed by atoms with Crippen LogP contribution >= 0.6 is 44.5 Å². The number of aryl methyl sites for hydroxylation is 1. The summed E-state index contributed by atoms with van der Waals surface area (Å²) in [7, 11) is 3.25. The maximum atomic E-state index is 13.3. The van der Waals surface area contributed by atoms with Crippen molar-refractivity contribution < 1.29 is 9.53 Å². The highest BCUT2D eigenvalue weighted by Gasteiger charge is 2.42. The molecule has 0 saturated carbocycles. The van der Waals surface area contributed by atoms with E-state index in [4.69, 9.17) is 28.6 Å². The number of halogens is 1. The molecule has 0 unspecified atom stereocenters. The number of fused-ring (bicyclic) bond motifs is 3. The maximum Gasteiger partial charge on any atom is 0.265 e. The van der Waals surface area contributed by atoms with E-state index in [0.29, 0.717) is 10.8 Å². The lowest BCUT2D eigenvalue weighted by Gasteiger charge is -2.43. The first-order chi connectivity index (χ1) is 13.3. The Morgan fingerprint density at radius 3 is 2.61 bits per heavy atom. The minimum atomic E-state index is -0.504. The van der Waals surface area contributed by atoms with Crippen molar-refractivity contribution in [2.24, 2.45) is 0 Å². The molecule has 0 saturated heterocycles. The zero-order chi connectivity index (χ0) is 20.1. The van der Waals surface area contributed by atoms with Gasteiger partial charge in [-0.3, -0.25) is 9.69 Å². The van der Waals surface area contributed by atoms with E-state index in [1.54, 1.807) is 44.9 Å². The Kier molecular flexibility index (Phi) is 5.08. The molecular formula is C21H18ClNO2S3. The van der Waals surface area contributed by atoms with Gasteiger partial charge in [-0.2, -0.15) is 0 Å². The van der Waals surface area contributed by atoms with E-state index in [2.05, 4.69) is 19.9 Å². The van der Waals surface area contributed by atoms with Crippen LogP contribution in [0.5, 0.6) is 5.75 Å². The number of rotatable bonds is 3. The summed E-state index contributed by atoms with van der Waals surface area (Å²) in [6.45, 7) is 6.12. The molecule has 0 spiro atoms. The van der Waals surface area contributed by atoms with Crippen LogP contribution < -0.4 is 9.64 Å². The summed E-state index contributed by atoms with van der Waals surface area (Å²) in [6.07, 6.45) is 0. The molecule has 0 bridgehead atoms. The minimum absolute atomic E-state index is 0.0523. The van der Waals surface area contributed by atoms with E-state index in [0.717, 1.165) is 31.1 Å². The fraction of sp³-hybridized carbons (Fsp3) is 0.238. The number of amides is 1. The quantitative estimate of drug-likeness (QED) is 0.325. The maximum absolute atomic E-state index is 13.3. The smallest absolute Gasteiger partial charge is 0.265 e. The lowest BCUT2D eigenvalue weighted by Crippen LogP contribution is -2.49. The molecule has 0 radical (unpaired) electrons. The summed E-state index contributed by atoms with van der Waals surface area (Å²) in [5.41, 5.74) is 3.63. The third-order valence-electron chi connectivity index (χ3n) is 4.83. The van der Waals surface area contributed by atoms with Gasteiger partial charge < -0.3 is 4.74 Å². The molecule has 7 heteroatoms. The third kappa shape index (κ3) is 3.28. The lowest BCUT2D eigenvalue weighted by atomic mass is 9.87. The molecule has 2 heterocycles. The van der Waals surface area contributed by atoms with Crippen LogP contribution in [-0.2, 0) is 10.3 Å². The fourth-order valence-corrected chi connectivity index (χ4v) is 6.94. The molecule has 28 heavy (non-hydrogen) atoms. The Morgan fingerprint density at radius 2 is 1.89 bits per heavy atom. The molecule has 1 amide bonds. The van der Waals surface area contributed by atoms with E-state index in [1.807, 2.05) is 24.0 Å². The molecule has 3 nitrogen and oxygen atoms in total. The normalized spacial score (nSPS) is 14.4. The van der Waals surface area contributed by atoms with Gasteiger partial charge in [0.25, 0.3) is 5.91 Å². The van der Waals surface area contributed by atoms with Crippen molar-refractivity contribution >= 4 is 56.1 Å². The molecule has 0 aliphatic carbocycles. The summed E-state index contributed by atoms with van der Waals surface area (Å²) in [4.78, 5) is 16.2. The van der Waals surface area contributed by atoms with Crippen molar-refractivity contribution in [1.82, 2.24) is 0 Å². The summed E-state index contributed by atoms with van der Waals surface area (Å²) in [5, 5.41) is 0.631. The Hall–Kier alpha value is -1.73. The van der Waals surface area contributed by atoms with Crippen LogP contribution in [0.25, 0.3) is 11.1 Å². The second kappa shape index (κ2) is 7.26. The van der Waals surface area contributed by atoms with Crippen molar-refractivity contribution in [1.29, 1.82) is 0 Å².